The highest BCUT2D eigenvalue weighted by Gasteiger charge is 2.31. The lowest BCUT2D eigenvalue weighted by Crippen LogP contribution is -2.41. The van der Waals surface area contributed by atoms with E-state index in [4.69, 9.17) is 9.26 Å². The third-order valence-electron chi connectivity index (χ3n) is 5.47. The summed E-state index contributed by atoms with van der Waals surface area (Å²) in [6, 6.07) is 6.95. The van der Waals surface area contributed by atoms with Crippen molar-refractivity contribution in [2.75, 3.05) is 20.2 Å². The van der Waals surface area contributed by atoms with Gasteiger partial charge in [-0.05, 0) is 49.3 Å². The molecule has 1 amide bonds. The molecule has 0 radical (unpaired) electrons. The molecule has 1 aliphatic carbocycles. The summed E-state index contributed by atoms with van der Waals surface area (Å²) in [5, 5.41) is 14.5. The highest BCUT2D eigenvalue weighted by Crippen LogP contribution is 2.39. The van der Waals surface area contributed by atoms with Crippen LogP contribution in [0.2, 0.25) is 0 Å². The SMILES string of the molecule is COc1ccc([C@H](O)C(=O)N2CCC(Cc3noc(C4CC4)n3)CC2)cc1. The van der Waals surface area contributed by atoms with E-state index >= 15 is 0 Å². The molecule has 2 fully saturated rings. The van der Waals surface area contributed by atoms with E-state index in [-0.39, 0.29) is 5.91 Å². The molecule has 0 unspecified atom stereocenters. The van der Waals surface area contributed by atoms with Crippen LogP contribution >= 0.6 is 0 Å². The number of piperidine rings is 1. The van der Waals surface area contributed by atoms with Crippen molar-refractivity contribution in [1.29, 1.82) is 0 Å². The van der Waals surface area contributed by atoms with Crippen LogP contribution in [0.5, 0.6) is 5.75 Å². The Morgan fingerprint density at radius 3 is 2.59 bits per heavy atom. The molecule has 1 saturated carbocycles. The Kier molecular flexibility index (Phi) is 5.11. The van der Waals surface area contributed by atoms with Crippen LogP contribution in [0.1, 0.15) is 55.0 Å². The lowest BCUT2D eigenvalue weighted by atomic mass is 9.92. The average molecular weight is 371 g/mol. The first kappa shape index (κ1) is 18.0. The number of hydrogen-bond donors (Lipinski definition) is 1. The van der Waals surface area contributed by atoms with Crippen molar-refractivity contribution in [2.45, 2.75) is 44.1 Å². The van der Waals surface area contributed by atoms with Crippen molar-refractivity contribution >= 4 is 5.91 Å². The Morgan fingerprint density at radius 1 is 1.26 bits per heavy atom. The number of methoxy groups -OCH3 is 1. The number of carbonyl (C=O) groups excluding carboxylic acids is 1. The minimum Gasteiger partial charge on any atom is -0.497 e. The summed E-state index contributed by atoms with van der Waals surface area (Å²) in [6.07, 6.45) is 3.73. The molecule has 0 spiro atoms. The third-order valence-corrected chi connectivity index (χ3v) is 5.47. The molecule has 144 valence electrons. The lowest BCUT2D eigenvalue weighted by Gasteiger charge is -2.33. The van der Waals surface area contributed by atoms with E-state index in [0.717, 1.165) is 43.8 Å². The van der Waals surface area contributed by atoms with Gasteiger partial charge in [0.15, 0.2) is 11.9 Å². The number of rotatable bonds is 6. The van der Waals surface area contributed by atoms with Crippen LogP contribution in [0, 0.1) is 5.92 Å². The quantitative estimate of drug-likeness (QED) is 0.839. The third kappa shape index (κ3) is 4.13. The maximum absolute atomic E-state index is 12.6. The van der Waals surface area contributed by atoms with Crippen LogP contribution in [0.3, 0.4) is 0 Å². The number of aromatic nitrogens is 2. The van der Waals surface area contributed by atoms with Crippen molar-refractivity contribution in [3.63, 3.8) is 0 Å². The minimum atomic E-state index is -1.13. The zero-order chi connectivity index (χ0) is 18.8. The van der Waals surface area contributed by atoms with Crippen LogP contribution in [-0.2, 0) is 11.2 Å². The average Bonchev–Trinajstić information content (AvgIpc) is 3.47. The first-order valence-electron chi connectivity index (χ1n) is 9.57. The van der Waals surface area contributed by atoms with Crippen molar-refractivity contribution in [1.82, 2.24) is 15.0 Å². The summed E-state index contributed by atoms with van der Waals surface area (Å²) in [5.74, 6) is 2.93. The number of ether oxygens (including phenoxy) is 1. The van der Waals surface area contributed by atoms with E-state index in [2.05, 4.69) is 10.1 Å². The molecule has 1 N–H and O–H groups in total. The molecule has 2 heterocycles. The highest BCUT2D eigenvalue weighted by molar-refractivity contribution is 5.82. The maximum Gasteiger partial charge on any atom is 0.256 e. The molecule has 2 aliphatic rings. The van der Waals surface area contributed by atoms with Crippen LogP contribution in [0.25, 0.3) is 0 Å². The smallest absolute Gasteiger partial charge is 0.256 e. The normalized spacial score (nSPS) is 19.1. The van der Waals surface area contributed by atoms with Crippen molar-refractivity contribution in [3.05, 3.63) is 41.5 Å². The van der Waals surface area contributed by atoms with Crippen molar-refractivity contribution < 1.29 is 19.2 Å². The number of aliphatic hydroxyl groups excluding tert-OH is 1. The number of aliphatic hydroxyl groups is 1. The van der Waals surface area contributed by atoms with Gasteiger partial charge in [-0.15, -0.1) is 0 Å². The fourth-order valence-corrected chi connectivity index (χ4v) is 3.56. The van der Waals surface area contributed by atoms with Crippen LogP contribution in [0.15, 0.2) is 28.8 Å². The van der Waals surface area contributed by atoms with Crippen molar-refractivity contribution in [3.8, 4) is 5.75 Å². The zero-order valence-corrected chi connectivity index (χ0v) is 15.5. The van der Waals surface area contributed by atoms with Gasteiger partial charge in [-0.3, -0.25) is 4.79 Å². The molecule has 4 rings (SSSR count). The monoisotopic (exact) mass is 371 g/mol. The molecule has 0 bridgehead atoms. The highest BCUT2D eigenvalue weighted by atomic mass is 16.5. The van der Waals surface area contributed by atoms with Gasteiger partial charge in [0.05, 0.1) is 7.11 Å². The molecular weight excluding hydrogens is 346 g/mol. The Morgan fingerprint density at radius 2 is 1.96 bits per heavy atom. The van der Waals surface area contributed by atoms with Crippen LogP contribution in [0.4, 0.5) is 0 Å². The van der Waals surface area contributed by atoms with E-state index in [0.29, 0.717) is 36.2 Å². The van der Waals surface area contributed by atoms with E-state index in [1.165, 1.54) is 0 Å². The van der Waals surface area contributed by atoms with Crippen LogP contribution in [-0.4, -0.2) is 46.3 Å². The molecule has 1 saturated heterocycles. The summed E-state index contributed by atoms with van der Waals surface area (Å²) in [7, 11) is 1.59. The molecule has 7 heteroatoms. The Balaban J connectivity index is 1.28. The molecule has 2 aromatic rings. The van der Waals surface area contributed by atoms with Gasteiger partial charge in [0.25, 0.3) is 5.91 Å². The van der Waals surface area contributed by atoms with Gasteiger partial charge < -0.3 is 19.3 Å². The largest absolute Gasteiger partial charge is 0.497 e. The van der Waals surface area contributed by atoms with Gasteiger partial charge in [-0.25, -0.2) is 0 Å². The zero-order valence-electron chi connectivity index (χ0n) is 15.5. The first-order chi connectivity index (χ1) is 13.1. The van der Waals surface area contributed by atoms with Crippen molar-refractivity contribution in [2.24, 2.45) is 5.92 Å². The predicted molar refractivity (Wildman–Crippen MR) is 97.2 cm³/mol. The molecule has 1 aliphatic heterocycles. The summed E-state index contributed by atoms with van der Waals surface area (Å²) < 4.78 is 10.4. The van der Waals surface area contributed by atoms with Gasteiger partial charge in [0.2, 0.25) is 5.89 Å². The standard InChI is InChI=1S/C20H25N3O4/c1-26-16-6-4-14(5-7-16)18(24)20(25)23-10-8-13(9-11-23)12-17-21-19(27-22-17)15-2-3-15/h4-7,13,15,18,24H,2-3,8-12H2,1H3/t18-/m0/s1. The second-order valence-corrected chi connectivity index (χ2v) is 7.47. The van der Waals surface area contributed by atoms with E-state index in [1.54, 1.807) is 36.3 Å². The lowest BCUT2D eigenvalue weighted by molar-refractivity contribution is -0.142. The summed E-state index contributed by atoms with van der Waals surface area (Å²) in [4.78, 5) is 18.8. The van der Waals surface area contributed by atoms with Gasteiger partial charge in [-0.1, -0.05) is 17.3 Å². The molecule has 27 heavy (non-hydrogen) atoms. The number of carbonyl (C=O) groups is 1. The van der Waals surface area contributed by atoms with Gasteiger partial charge in [0, 0.05) is 25.4 Å². The number of nitrogens with zero attached hydrogens (tertiary/aromatic N) is 3. The van der Waals surface area contributed by atoms with Gasteiger partial charge in [0.1, 0.15) is 5.75 Å². The van der Waals surface area contributed by atoms with E-state index in [9.17, 15) is 9.90 Å². The minimum absolute atomic E-state index is 0.241. The molecule has 1 atom stereocenters. The second kappa shape index (κ2) is 7.68. The molecule has 1 aromatic heterocycles. The summed E-state index contributed by atoms with van der Waals surface area (Å²) in [5.41, 5.74) is 0.585. The Bertz CT molecular complexity index is 777. The summed E-state index contributed by atoms with van der Waals surface area (Å²) >= 11 is 0. The fourth-order valence-electron chi connectivity index (χ4n) is 3.56. The fraction of sp³-hybridized carbons (Fsp3) is 0.550. The number of likely N-dealkylation sites (tertiary alicyclic amines) is 1. The van der Waals surface area contributed by atoms with E-state index in [1.807, 2.05) is 0 Å². The summed E-state index contributed by atoms with van der Waals surface area (Å²) in [6.45, 7) is 1.29. The second-order valence-electron chi connectivity index (χ2n) is 7.47. The van der Waals surface area contributed by atoms with Crippen LogP contribution < -0.4 is 4.74 Å². The Labute approximate surface area is 158 Å². The Hall–Kier alpha value is -2.41. The molecular formula is C20H25N3O4. The van der Waals surface area contributed by atoms with E-state index < -0.39 is 6.10 Å². The predicted octanol–water partition coefficient (Wildman–Crippen LogP) is 2.47. The topological polar surface area (TPSA) is 88.7 Å². The molecule has 1 aromatic carbocycles. The number of benzene rings is 1. The van der Waals surface area contributed by atoms with Gasteiger partial charge >= 0.3 is 0 Å². The molecule has 7 nitrogen and oxygen atoms in total. The first-order valence-corrected chi connectivity index (χ1v) is 9.57. The van der Waals surface area contributed by atoms with Gasteiger partial charge in [-0.2, -0.15) is 4.98 Å². The maximum atomic E-state index is 12.6. The number of amides is 1. The number of hydrogen-bond acceptors (Lipinski definition) is 6.